The maximum atomic E-state index is 6.08. The second-order valence-corrected chi connectivity index (χ2v) is 6.68. The first-order valence-electron chi connectivity index (χ1n) is 8.81. The van der Waals surface area contributed by atoms with E-state index in [1.165, 1.54) is 17.3 Å². The van der Waals surface area contributed by atoms with Gasteiger partial charge in [-0.1, -0.05) is 18.2 Å². The van der Waals surface area contributed by atoms with Crippen LogP contribution in [0.5, 0.6) is 0 Å². The van der Waals surface area contributed by atoms with Crippen LogP contribution in [0.3, 0.4) is 0 Å². The Bertz CT molecular complexity index is 888. The molecule has 8 heteroatoms. The molecule has 142 valence electrons. The fourth-order valence-corrected chi connectivity index (χ4v) is 3.32. The van der Waals surface area contributed by atoms with Crippen molar-refractivity contribution in [3.8, 4) is 0 Å². The lowest BCUT2D eigenvalue weighted by molar-refractivity contribution is 0.713. The number of hydrazine groups is 1. The van der Waals surface area contributed by atoms with E-state index in [9.17, 15) is 0 Å². The summed E-state index contributed by atoms with van der Waals surface area (Å²) in [7, 11) is 0. The molecule has 1 aromatic heterocycles. The highest BCUT2D eigenvalue weighted by molar-refractivity contribution is 5.80. The van der Waals surface area contributed by atoms with Gasteiger partial charge in [-0.3, -0.25) is 4.99 Å². The molecule has 0 amide bonds. The lowest BCUT2D eigenvalue weighted by atomic mass is 10.0. The zero-order valence-corrected chi connectivity index (χ0v) is 15.2. The molecule has 3 rings (SSSR count). The zero-order chi connectivity index (χ0) is 19.4. The van der Waals surface area contributed by atoms with Crippen molar-refractivity contribution in [2.45, 2.75) is 31.8 Å². The molecule has 0 bridgehead atoms. The molecule has 2 aromatic rings. The highest BCUT2D eigenvalue weighted by Crippen LogP contribution is 2.30. The van der Waals surface area contributed by atoms with E-state index in [1.807, 2.05) is 0 Å². The number of aromatic nitrogens is 1. The molecule has 0 spiro atoms. The molecule has 0 radical (unpaired) electrons. The van der Waals surface area contributed by atoms with Crippen LogP contribution in [0.4, 0.5) is 17.3 Å². The quantitative estimate of drug-likeness (QED) is 0.253. The number of hydrogen-bond donors (Lipinski definition) is 6. The minimum atomic E-state index is 0.162. The van der Waals surface area contributed by atoms with Gasteiger partial charge in [0.15, 0.2) is 5.82 Å². The molecule has 1 unspecified atom stereocenters. The second kappa shape index (κ2) is 8.07. The molecule has 1 aliphatic carbocycles. The fraction of sp³-hybridized carbons (Fsp3) is 0.263. The number of aryl methyl sites for hydroxylation is 1. The molecule has 1 atom stereocenters. The normalized spacial score (nSPS) is 16.7. The highest BCUT2D eigenvalue weighted by atomic mass is 15.3. The van der Waals surface area contributed by atoms with E-state index in [0.717, 1.165) is 29.5 Å². The number of rotatable bonds is 6. The van der Waals surface area contributed by atoms with Gasteiger partial charge in [0.2, 0.25) is 0 Å². The highest BCUT2D eigenvalue weighted by Gasteiger charge is 2.18. The minimum absolute atomic E-state index is 0.162. The summed E-state index contributed by atoms with van der Waals surface area (Å²) in [5.74, 6) is 6.09. The summed E-state index contributed by atoms with van der Waals surface area (Å²) in [4.78, 5) is 8.56. The number of benzene rings is 1. The summed E-state index contributed by atoms with van der Waals surface area (Å²) in [6, 6.07) is 8.24. The summed E-state index contributed by atoms with van der Waals surface area (Å²) in [5, 5.41) is 0. The molecule has 1 aliphatic rings. The SMILES string of the molecule is NC=C(C=NCc1ccc2c(c1)CCC2N)Cc1cc(N)nc(NN)c1N. The predicted molar refractivity (Wildman–Crippen MR) is 111 cm³/mol. The van der Waals surface area contributed by atoms with Crippen LogP contribution in [0.15, 0.2) is 41.0 Å². The molecular formula is C19H26N8. The Kier molecular flexibility index (Phi) is 5.58. The number of hydrogen-bond acceptors (Lipinski definition) is 8. The van der Waals surface area contributed by atoms with Crippen LogP contribution in [-0.2, 0) is 19.4 Å². The standard InChI is InChI=1S/C19H26N8/c20-8-12(6-14-7-17(22)26-19(27-24)18(14)23)10-25-9-11-1-3-15-13(5-11)2-4-16(15)21/h1,3,5,7-8,10,16H,2,4,6,9,20-21,23-24H2,(H3,22,26,27). The van der Waals surface area contributed by atoms with Gasteiger partial charge in [0.1, 0.15) is 5.82 Å². The lowest BCUT2D eigenvalue weighted by Crippen LogP contribution is -2.14. The largest absolute Gasteiger partial charge is 0.404 e. The van der Waals surface area contributed by atoms with E-state index in [2.05, 4.69) is 33.6 Å². The van der Waals surface area contributed by atoms with Crippen molar-refractivity contribution in [1.82, 2.24) is 4.98 Å². The van der Waals surface area contributed by atoms with Gasteiger partial charge in [0.25, 0.3) is 0 Å². The number of pyridine rings is 1. The Morgan fingerprint density at radius 1 is 1.30 bits per heavy atom. The average Bonchev–Trinajstić information content (AvgIpc) is 3.03. The second-order valence-electron chi connectivity index (χ2n) is 6.68. The third kappa shape index (κ3) is 4.18. The lowest BCUT2D eigenvalue weighted by Gasteiger charge is -2.11. The number of nitrogen functional groups attached to an aromatic ring is 3. The number of allylic oxidation sites excluding steroid dienone is 1. The first-order chi connectivity index (χ1) is 13.0. The van der Waals surface area contributed by atoms with Crippen molar-refractivity contribution >= 4 is 23.5 Å². The first-order valence-corrected chi connectivity index (χ1v) is 8.81. The number of aliphatic imine (C=N–C) groups is 1. The van der Waals surface area contributed by atoms with Crippen molar-refractivity contribution < 1.29 is 0 Å². The van der Waals surface area contributed by atoms with Crippen LogP contribution in [0.2, 0.25) is 0 Å². The Morgan fingerprint density at radius 2 is 2.11 bits per heavy atom. The predicted octanol–water partition coefficient (Wildman–Crippen LogP) is 1.13. The van der Waals surface area contributed by atoms with E-state index in [4.69, 9.17) is 28.8 Å². The molecule has 1 aromatic carbocycles. The molecule has 0 saturated carbocycles. The van der Waals surface area contributed by atoms with E-state index < -0.39 is 0 Å². The topological polar surface area (TPSA) is 167 Å². The van der Waals surface area contributed by atoms with Gasteiger partial charge in [-0.25, -0.2) is 10.8 Å². The fourth-order valence-electron chi connectivity index (χ4n) is 3.32. The third-order valence-corrected chi connectivity index (χ3v) is 4.77. The van der Waals surface area contributed by atoms with Crippen molar-refractivity contribution in [3.63, 3.8) is 0 Å². The Balaban J connectivity index is 1.69. The molecule has 0 aliphatic heterocycles. The Morgan fingerprint density at radius 3 is 2.85 bits per heavy atom. The van der Waals surface area contributed by atoms with Gasteiger partial charge < -0.3 is 28.4 Å². The van der Waals surface area contributed by atoms with Crippen LogP contribution >= 0.6 is 0 Å². The zero-order valence-electron chi connectivity index (χ0n) is 15.2. The number of fused-ring (bicyclic) bond motifs is 1. The van der Waals surface area contributed by atoms with Crippen molar-refractivity contribution in [2.75, 3.05) is 16.9 Å². The molecular weight excluding hydrogens is 340 g/mol. The Hall–Kier alpha value is -3.10. The van der Waals surface area contributed by atoms with Gasteiger partial charge >= 0.3 is 0 Å². The maximum Gasteiger partial charge on any atom is 0.165 e. The summed E-state index contributed by atoms with van der Waals surface area (Å²) < 4.78 is 0. The molecule has 8 nitrogen and oxygen atoms in total. The van der Waals surface area contributed by atoms with Crippen LogP contribution < -0.4 is 34.2 Å². The first kappa shape index (κ1) is 18.7. The summed E-state index contributed by atoms with van der Waals surface area (Å²) in [5.41, 5.74) is 31.9. The van der Waals surface area contributed by atoms with Gasteiger partial charge in [-0.05, 0) is 52.9 Å². The number of anilines is 3. The van der Waals surface area contributed by atoms with E-state index in [0.29, 0.717) is 30.3 Å². The summed E-state index contributed by atoms with van der Waals surface area (Å²) >= 11 is 0. The number of nitrogens with two attached hydrogens (primary N) is 5. The molecule has 11 N–H and O–H groups in total. The smallest absolute Gasteiger partial charge is 0.165 e. The Labute approximate surface area is 158 Å². The number of nitrogens with one attached hydrogen (secondary N) is 1. The third-order valence-electron chi connectivity index (χ3n) is 4.77. The van der Waals surface area contributed by atoms with Gasteiger partial charge in [-0.2, -0.15) is 0 Å². The van der Waals surface area contributed by atoms with Crippen LogP contribution in [0.1, 0.15) is 34.7 Å². The van der Waals surface area contributed by atoms with Gasteiger partial charge in [0, 0.05) is 18.7 Å². The van der Waals surface area contributed by atoms with Crippen LogP contribution in [0.25, 0.3) is 0 Å². The van der Waals surface area contributed by atoms with E-state index in [1.54, 1.807) is 12.3 Å². The monoisotopic (exact) mass is 366 g/mol. The molecule has 27 heavy (non-hydrogen) atoms. The minimum Gasteiger partial charge on any atom is -0.404 e. The van der Waals surface area contributed by atoms with Gasteiger partial charge in [-0.15, -0.1) is 0 Å². The summed E-state index contributed by atoms with van der Waals surface area (Å²) in [6.45, 7) is 0.573. The van der Waals surface area contributed by atoms with Gasteiger partial charge in [0.05, 0.1) is 12.2 Å². The summed E-state index contributed by atoms with van der Waals surface area (Å²) in [6.07, 6.45) is 5.79. The van der Waals surface area contributed by atoms with Crippen molar-refractivity contribution in [3.05, 3.63) is 58.3 Å². The van der Waals surface area contributed by atoms with Crippen LogP contribution in [0, 0.1) is 0 Å². The molecule has 0 fully saturated rings. The maximum absolute atomic E-state index is 6.08. The van der Waals surface area contributed by atoms with Crippen molar-refractivity contribution in [1.29, 1.82) is 0 Å². The van der Waals surface area contributed by atoms with E-state index in [-0.39, 0.29) is 6.04 Å². The van der Waals surface area contributed by atoms with Crippen LogP contribution in [-0.4, -0.2) is 11.2 Å². The molecule has 1 heterocycles. The molecule has 0 saturated heterocycles. The number of nitrogens with zero attached hydrogens (tertiary/aromatic N) is 2. The van der Waals surface area contributed by atoms with Crippen molar-refractivity contribution in [2.24, 2.45) is 22.3 Å². The van der Waals surface area contributed by atoms with E-state index >= 15 is 0 Å². The average molecular weight is 366 g/mol.